The van der Waals surface area contributed by atoms with Gasteiger partial charge in [0.15, 0.2) is 0 Å². The number of aromatic carboxylic acids is 1. The number of nitrogens with zero attached hydrogens (tertiary/aromatic N) is 1. The predicted octanol–water partition coefficient (Wildman–Crippen LogP) is 2.33. The first kappa shape index (κ1) is 9.45. The molecule has 3 nitrogen and oxygen atoms in total. The Morgan fingerprint density at radius 1 is 1.46 bits per heavy atom. The Balaban J connectivity index is 3.47. The Morgan fingerprint density at radius 2 is 2.08 bits per heavy atom. The summed E-state index contributed by atoms with van der Waals surface area (Å²) in [5, 5.41) is 8.82. The fourth-order valence-corrected chi connectivity index (χ4v) is 1.18. The fraction of sp³-hybridized carbons (Fsp3) is 0.200. The second-order valence-corrected chi connectivity index (χ2v) is 2.87. The van der Waals surface area contributed by atoms with E-state index in [-0.39, 0.29) is 5.56 Å². The van der Waals surface area contributed by atoms with E-state index in [9.17, 15) is 4.79 Å². The molecule has 0 unspecified atom stereocenters. The molecule has 0 heterocycles. The number of rotatable bonds is 2. The van der Waals surface area contributed by atoms with Crippen molar-refractivity contribution in [3.8, 4) is 0 Å². The van der Waals surface area contributed by atoms with E-state index >= 15 is 0 Å². The standard InChI is InChI=1S/C10H11NO2/c1-6-4-5-8(10(12)13)9(11-3)7(6)2/h4-5H,3H2,1-2H3,(H,12,13). The number of benzene rings is 1. The number of hydrogen-bond acceptors (Lipinski definition) is 2. The Morgan fingerprint density at radius 3 is 2.54 bits per heavy atom. The molecular formula is C10H11NO2. The quantitative estimate of drug-likeness (QED) is 0.705. The third kappa shape index (κ3) is 1.59. The summed E-state index contributed by atoms with van der Waals surface area (Å²) in [5.41, 5.74) is 2.56. The zero-order valence-corrected chi connectivity index (χ0v) is 7.66. The van der Waals surface area contributed by atoms with Crippen LogP contribution in [0.4, 0.5) is 5.69 Å². The lowest BCUT2D eigenvalue weighted by Crippen LogP contribution is -1.98. The lowest BCUT2D eigenvalue weighted by Gasteiger charge is -2.06. The first-order valence-electron chi connectivity index (χ1n) is 3.88. The molecule has 1 aromatic rings. The molecule has 3 heteroatoms. The highest BCUT2D eigenvalue weighted by Crippen LogP contribution is 2.26. The third-order valence-electron chi connectivity index (χ3n) is 2.09. The van der Waals surface area contributed by atoms with Crippen molar-refractivity contribution in [2.45, 2.75) is 13.8 Å². The first-order valence-corrected chi connectivity index (χ1v) is 3.88. The van der Waals surface area contributed by atoms with E-state index in [4.69, 9.17) is 5.11 Å². The molecule has 13 heavy (non-hydrogen) atoms. The van der Waals surface area contributed by atoms with Crippen LogP contribution in [0.3, 0.4) is 0 Å². The van der Waals surface area contributed by atoms with E-state index in [0.717, 1.165) is 11.1 Å². The Bertz CT molecular complexity index is 369. The van der Waals surface area contributed by atoms with Crippen LogP contribution in [0, 0.1) is 13.8 Å². The fourth-order valence-electron chi connectivity index (χ4n) is 1.18. The number of aliphatic imine (C=N–C) groups is 1. The summed E-state index contributed by atoms with van der Waals surface area (Å²) in [5.74, 6) is -0.967. The highest BCUT2D eigenvalue weighted by atomic mass is 16.4. The molecule has 0 fully saturated rings. The van der Waals surface area contributed by atoms with Crippen molar-refractivity contribution in [1.82, 2.24) is 0 Å². The number of aryl methyl sites for hydroxylation is 1. The van der Waals surface area contributed by atoms with Crippen molar-refractivity contribution in [1.29, 1.82) is 0 Å². The normalized spacial score (nSPS) is 9.69. The van der Waals surface area contributed by atoms with Gasteiger partial charge in [-0.3, -0.25) is 4.99 Å². The zero-order valence-electron chi connectivity index (χ0n) is 7.66. The molecule has 0 saturated heterocycles. The monoisotopic (exact) mass is 177 g/mol. The van der Waals surface area contributed by atoms with Crippen LogP contribution in [0.2, 0.25) is 0 Å². The summed E-state index contributed by atoms with van der Waals surface area (Å²) in [4.78, 5) is 14.5. The molecule has 0 atom stereocenters. The minimum atomic E-state index is -0.967. The number of carboxylic acids is 1. The van der Waals surface area contributed by atoms with E-state index in [1.807, 2.05) is 13.8 Å². The Kier molecular flexibility index (Phi) is 2.46. The molecule has 0 amide bonds. The maximum Gasteiger partial charge on any atom is 0.337 e. The van der Waals surface area contributed by atoms with E-state index in [0.29, 0.717) is 5.69 Å². The van der Waals surface area contributed by atoms with Gasteiger partial charge in [-0.25, -0.2) is 4.79 Å². The van der Waals surface area contributed by atoms with Gasteiger partial charge in [-0.2, -0.15) is 0 Å². The predicted molar refractivity (Wildman–Crippen MR) is 52.1 cm³/mol. The molecule has 0 aliphatic rings. The van der Waals surface area contributed by atoms with Crippen LogP contribution in [-0.4, -0.2) is 17.8 Å². The minimum Gasteiger partial charge on any atom is -0.478 e. The van der Waals surface area contributed by atoms with Crippen LogP contribution in [0.15, 0.2) is 17.1 Å². The number of carbonyl (C=O) groups is 1. The van der Waals surface area contributed by atoms with Crippen molar-refractivity contribution >= 4 is 18.4 Å². The maximum absolute atomic E-state index is 10.8. The van der Waals surface area contributed by atoms with Crippen LogP contribution in [-0.2, 0) is 0 Å². The maximum atomic E-state index is 10.8. The van der Waals surface area contributed by atoms with Crippen LogP contribution in [0.25, 0.3) is 0 Å². The topological polar surface area (TPSA) is 49.7 Å². The molecule has 1 rings (SSSR count). The molecule has 0 aromatic heterocycles. The van der Waals surface area contributed by atoms with Crippen molar-refractivity contribution in [2.24, 2.45) is 4.99 Å². The minimum absolute atomic E-state index is 0.207. The van der Waals surface area contributed by atoms with Gasteiger partial charge in [-0.15, -0.1) is 0 Å². The van der Waals surface area contributed by atoms with Crippen LogP contribution < -0.4 is 0 Å². The average Bonchev–Trinajstić information content (AvgIpc) is 2.09. The SMILES string of the molecule is C=Nc1c(C(=O)O)ccc(C)c1C. The van der Waals surface area contributed by atoms with E-state index < -0.39 is 5.97 Å². The smallest absolute Gasteiger partial charge is 0.337 e. The molecular weight excluding hydrogens is 166 g/mol. The summed E-state index contributed by atoms with van der Waals surface area (Å²) in [6.45, 7) is 7.11. The lowest BCUT2D eigenvalue weighted by molar-refractivity contribution is 0.0698. The second-order valence-electron chi connectivity index (χ2n) is 2.87. The lowest BCUT2D eigenvalue weighted by atomic mass is 10.0. The highest BCUT2D eigenvalue weighted by molar-refractivity contribution is 5.94. The summed E-state index contributed by atoms with van der Waals surface area (Å²) < 4.78 is 0. The number of carboxylic acid groups (broad SMARTS) is 1. The summed E-state index contributed by atoms with van der Waals surface area (Å²) in [7, 11) is 0. The highest BCUT2D eigenvalue weighted by Gasteiger charge is 2.11. The molecule has 0 spiro atoms. The summed E-state index contributed by atoms with van der Waals surface area (Å²) in [6.07, 6.45) is 0. The zero-order chi connectivity index (χ0) is 10.0. The molecule has 1 aromatic carbocycles. The van der Waals surface area contributed by atoms with Gasteiger partial charge in [0.25, 0.3) is 0 Å². The van der Waals surface area contributed by atoms with E-state index in [2.05, 4.69) is 11.7 Å². The van der Waals surface area contributed by atoms with Crippen molar-refractivity contribution in [2.75, 3.05) is 0 Å². The Hall–Kier alpha value is -1.64. The van der Waals surface area contributed by atoms with Crippen LogP contribution in [0.5, 0.6) is 0 Å². The molecule has 68 valence electrons. The van der Waals surface area contributed by atoms with E-state index in [1.54, 1.807) is 12.1 Å². The van der Waals surface area contributed by atoms with E-state index in [1.165, 1.54) is 0 Å². The van der Waals surface area contributed by atoms with Gasteiger partial charge >= 0.3 is 5.97 Å². The second kappa shape index (κ2) is 3.39. The average molecular weight is 177 g/mol. The van der Waals surface area contributed by atoms with Gasteiger partial charge in [0.2, 0.25) is 0 Å². The van der Waals surface area contributed by atoms with Gasteiger partial charge in [-0.05, 0) is 37.8 Å². The van der Waals surface area contributed by atoms with Crippen molar-refractivity contribution in [3.63, 3.8) is 0 Å². The third-order valence-corrected chi connectivity index (χ3v) is 2.09. The van der Waals surface area contributed by atoms with Crippen LogP contribution >= 0.6 is 0 Å². The van der Waals surface area contributed by atoms with Crippen molar-refractivity contribution in [3.05, 3.63) is 28.8 Å². The van der Waals surface area contributed by atoms with Gasteiger partial charge in [0, 0.05) is 0 Å². The summed E-state index contributed by atoms with van der Waals surface area (Å²) in [6, 6.07) is 3.32. The molecule has 0 saturated carbocycles. The van der Waals surface area contributed by atoms with Gasteiger partial charge in [0.1, 0.15) is 0 Å². The molecule has 1 N–H and O–H groups in total. The van der Waals surface area contributed by atoms with Gasteiger partial charge in [0.05, 0.1) is 11.3 Å². The molecule has 0 aliphatic carbocycles. The molecule has 0 bridgehead atoms. The largest absolute Gasteiger partial charge is 0.478 e. The summed E-state index contributed by atoms with van der Waals surface area (Å²) >= 11 is 0. The molecule has 0 aliphatic heterocycles. The molecule has 0 radical (unpaired) electrons. The van der Waals surface area contributed by atoms with Crippen molar-refractivity contribution < 1.29 is 9.90 Å². The van der Waals surface area contributed by atoms with Crippen LogP contribution in [0.1, 0.15) is 21.5 Å². The number of hydrogen-bond donors (Lipinski definition) is 1. The first-order chi connectivity index (χ1) is 6.07. The Labute approximate surface area is 76.7 Å². The van der Waals surface area contributed by atoms with Gasteiger partial charge in [-0.1, -0.05) is 6.07 Å². The van der Waals surface area contributed by atoms with Gasteiger partial charge < -0.3 is 5.11 Å².